The predicted octanol–water partition coefficient (Wildman–Crippen LogP) is 0.761. The highest BCUT2D eigenvalue weighted by atomic mass is 19.4. The third kappa shape index (κ3) is 8.35. The number of hydrogen-bond donors (Lipinski definition) is 3. The summed E-state index contributed by atoms with van der Waals surface area (Å²) in [4.78, 5) is 22.3. The minimum Gasteiger partial charge on any atom is -0.352 e. The zero-order valence-corrected chi connectivity index (χ0v) is 9.81. The van der Waals surface area contributed by atoms with E-state index in [1.165, 1.54) is 6.92 Å². The molecule has 0 aliphatic heterocycles. The average Bonchev–Trinajstić information content (AvgIpc) is 2.12. The van der Waals surface area contributed by atoms with Gasteiger partial charge in [0.25, 0.3) is 0 Å². The molecule has 1 atom stereocenters. The molecule has 0 bridgehead atoms. The number of urea groups is 1. The van der Waals surface area contributed by atoms with E-state index in [4.69, 9.17) is 0 Å². The summed E-state index contributed by atoms with van der Waals surface area (Å²) in [6.07, 6.45) is -4.47. The molecule has 0 saturated carbocycles. The van der Waals surface area contributed by atoms with Gasteiger partial charge in [-0.3, -0.25) is 4.79 Å². The first-order chi connectivity index (χ1) is 7.61. The van der Waals surface area contributed by atoms with Gasteiger partial charge in [0.2, 0.25) is 5.91 Å². The summed E-state index contributed by atoms with van der Waals surface area (Å²) >= 11 is 0. The van der Waals surface area contributed by atoms with Crippen LogP contribution in [0.25, 0.3) is 0 Å². The molecular weight excluding hydrogens is 239 g/mol. The third-order valence-corrected chi connectivity index (χ3v) is 1.62. The molecule has 0 aliphatic rings. The summed E-state index contributed by atoms with van der Waals surface area (Å²) in [5, 5.41) is 6.22. The number of nitrogens with one attached hydrogen (secondary N) is 3. The normalized spacial score (nSPS) is 13.1. The van der Waals surface area contributed by atoms with Crippen molar-refractivity contribution in [3.8, 4) is 0 Å². The summed E-state index contributed by atoms with van der Waals surface area (Å²) in [6, 6.07) is -2.04. The second kappa shape index (κ2) is 6.31. The minimum absolute atomic E-state index is 0.106. The summed E-state index contributed by atoms with van der Waals surface area (Å²) in [6.45, 7) is 3.41. The molecule has 3 N–H and O–H groups in total. The van der Waals surface area contributed by atoms with Crippen molar-refractivity contribution in [2.24, 2.45) is 0 Å². The topological polar surface area (TPSA) is 70.2 Å². The highest BCUT2D eigenvalue weighted by Gasteiger charge is 2.28. The maximum atomic E-state index is 11.8. The number of alkyl halides is 3. The van der Waals surface area contributed by atoms with Crippen molar-refractivity contribution in [2.45, 2.75) is 39.0 Å². The van der Waals surface area contributed by atoms with Crippen LogP contribution in [-0.4, -0.2) is 36.7 Å². The fourth-order valence-electron chi connectivity index (χ4n) is 0.903. The Kier molecular flexibility index (Phi) is 5.77. The van der Waals surface area contributed by atoms with Crippen molar-refractivity contribution in [2.75, 3.05) is 6.54 Å². The number of amides is 3. The number of carbonyl (C=O) groups is 2. The van der Waals surface area contributed by atoms with Gasteiger partial charge in [0.15, 0.2) is 0 Å². The molecule has 0 aromatic carbocycles. The van der Waals surface area contributed by atoms with E-state index in [9.17, 15) is 22.8 Å². The monoisotopic (exact) mass is 255 g/mol. The molecule has 0 aliphatic carbocycles. The Morgan fingerprint density at radius 3 is 2.06 bits per heavy atom. The van der Waals surface area contributed by atoms with Crippen LogP contribution in [0.5, 0.6) is 0 Å². The zero-order chi connectivity index (χ0) is 13.6. The summed E-state index contributed by atoms with van der Waals surface area (Å²) in [5.74, 6) is -0.456. The van der Waals surface area contributed by atoms with E-state index in [0.29, 0.717) is 0 Å². The second-order valence-electron chi connectivity index (χ2n) is 3.83. The zero-order valence-electron chi connectivity index (χ0n) is 9.81. The van der Waals surface area contributed by atoms with Gasteiger partial charge in [-0.2, -0.15) is 13.2 Å². The maximum absolute atomic E-state index is 11.8. The van der Waals surface area contributed by atoms with Crippen LogP contribution < -0.4 is 16.0 Å². The molecule has 5 nitrogen and oxygen atoms in total. The van der Waals surface area contributed by atoms with Crippen molar-refractivity contribution in [1.82, 2.24) is 16.0 Å². The van der Waals surface area contributed by atoms with Gasteiger partial charge >= 0.3 is 12.2 Å². The third-order valence-electron chi connectivity index (χ3n) is 1.62. The first-order valence-corrected chi connectivity index (χ1v) is 5.03. The molecule has 8 heteroatoms. The van der Waals surface area contributed by atoms with Crippen molar-refractivity contribution in [3.05, 3.63) is 0 Å². The molecule has 3 amide bonds. The van der Waals surface area contributed by atoms with Crippen LogP contribution in [0, 0.1) is 0 Å². The van der Waals surface area contributed by atoms with E-state index < -0.39 is 30.7 Å². The van der Waals surface area contributed by atoms with Crippen LogP contribution in [0.1, 0.15) is 20.8 Å². The summed E-state index contributed by atoms with van der Waals surface area (Å²) in [5.41, 5.74) is 0. The van der Waals surface area contributed by atoms with Gasteiger partial charge in [-0.25, -0.2) is 4.79 Å². The standard InChI is InChI=1S/C9H16F3N3O2/c1-5(2)14-7(16)6(3)15-8(17)13-4-9(10,11)12/h5-6H,4H2,1-3H3,(H,14,16)(H2,13,15,17). The molecule has 0 saturated heterocycles. The SMILES string of the molecule is CC(C)NC(=O)C(C)NC(=O)NCC(F)(F)F. The first kappa shape index (κ1) is 15.5. The van der Waals surface area contributed by atoms with E-state index in [0.717, 1.165) is 0 Å². The molecule has 0 radical (unpaired) electrons. The molecule has 0 rings (SSSR count). The molecule has 0 aromatic rings. The van der Waals surface area contributed by atoms with Crippen LogP contribution >= 0.6 is 0 Å². The second-order valence-corrected chi connectivity index (χ2v) is 3.83. The van der Waals surface area contributed by atoms with Gasteiger partial charge in [-0.15, -0.1) is 0 Å². The fourth-order valence-corrected chi connectivity index (χ4v) is 0.903. The Bertz CT molecular complexity index is 279. The lowest BCUT2D eigenvalue weighted by Gasteiger charge is -2.16. The summed E-state index contributed by atoms with van der Waals surface area (Å²) in [7, 11) is 0. The number of carbonyl (C=O) groups excluding carboxylic acids is 2. The van der Waals surface area contributed by atoms with Crippen molar-refractivity contribution < 1.29 is 22.8 Å². The smallest absolute Gasteiger partial charge is 0.352 e. The van der Waals surface area contributed by atoms with Crippen molar-refractivity contribution in [3.63, 3.8) is 0 Å². The highest BCUT2D eigenvalue weighted by Crippen LogP contribution is 2.11. The molecule has 0 fully saturated rings. The molecule has 0 spiro atoms. The minimum atomic E-state index is -4.47. The number of halogens is 3. The van der Waals surface area contributed by atoms with Gasteiger partial charge in [-0.05, 0) is 20.8 Å². The molecule has 100 valence electrons. The van der Waals surface area contributed by atoms with Crippen LogP contribution in [-0.2, 0) is 4.79 Å². The molecule has 1 unspecified atom stereocenters. The van der Waals surface area contributed by atoms with Crippen LogP contribution in [0.15, 0.2) is 0 Å². The molecule has 0 aromatic heterocycles. The van der Waals surface area contributed by atoms with Gasteiger partial charge in [0.1, 0.15) is 12.6 Å². The highest BCUT2D eigenvalue weighted by molar-refractivity contribution is 5.86. The fraction of sp³-hybridized carbons (Fsp3) is 0.778. The Labute approximate surface area is 97.1 Å². The molecular formula is C9H16F3N3O2. The van der Waals surface area contributed by atoms with Crippen molar-refractivity contribution >= 4 is 11.9 Å². The van der Waals surface area contributed by atoms with Gasteiger partial charge in [0, 0.05) is 6.04 Å². The largest absolute Gasteiger partial charge is 0.405 e. The molecule has 17 heavy (non-hydrogen) atoms. The van der Waals surface area contributed by atoms with E-state index in [-0.39, 0.29) is 6.04 Å². The van der Waals surface area contributed by atoms with E-state index in [1.807, 2.05) is 0 Å². The van der Waals surface area contributed by atoms with Gasteiger partial charge in [0.05, 0.1) is 0 Å². The Hall–Kier alpha value is -1.47. The Morgan fingerprint density at radius 2 is 1.65 bits per heavy atom. The Balaban J connectivity index is 4.00. The molecule has 0 heterocycles. The predicted molar refractivity (Wildman–Crippen MR) is 55.3 cm³/mol. The first-order valence-electron chi connectivity index (χ1n) is 5.03. The van der Waals surface area contributed by atoms with E-state index in [1.54, 1.807) is 19.2 Å². The van der Waals surface area contributed by atoms with Gasteiger partial charge < -0.3 is 16.0 Å². The lowest BCUT2D eigenvalue weighted by atomic mass is 10.3. The van der Waals surface area contributed by atoms with E-state index >= 15 is 0 Å². The van der Waals surface area contributed by atoms with Crippen molar-refractivity contribution in [1.29, 1.82) is 0 Å². The lowest BCUT2D eigenvalue weighted by molar-refractivity contribution is -0.123. The van der Waals surface area contributed by atoms with Gasteiger partial charge in [-0.1, -0.05) is 0 Å². The number of hydrogen-bond acceptors (Lipinski definition) is 2. The van der Waals surface area contributed by atoms with Crippen LogP contribution in [0.2, 0.25) is 0 Å². The average molecular weight is 255 g/mol. The van der Waals surface area contributed by atoms with Crippen LogP contribution in [0.3, 0.4) is 0 Å². The van der Waals surface area contributed by atoms with E-state index in [2.05, 4.69) is 10.6 Å². The number of rotatable bonds is 4. The maximum Gasteiger partial charge on any atom is 0.405 e. The van der Waals surface area contributed by atoms with Crippen LogP contribution in [0.4, 0.5) is 18.0 Å². The summed E-state index contributed by atoms with van der Waals surface area (Å²) < 4.78 is 35.3. The Morgan fingerprint density at radius 1 is 1.12 bits per heavy atom. The quantitative estimate of drug-likeness (QED) is 0.694. The lowest BCUT2D eigenvalue weighted by Crippen LogP contribution is -2.51.